The molecule has 22 heavy (non-hydrogen) atoms. The molecule has 1 heterocycles. The summed E-state index contributed by atoms with van der Waals surface area (Å²) in [6.07, 6.45) is 2.68. The number of nitrogens with one attached hydrogen (secondary N) is 2. The van der Waals surface area contributed by atoms with Crippen LogP contribution in [0.1, 0.15) is 37.9 Å². The van der Waals surface area contributed by atoms with Gasteiger partial charge < -0.3 is 20.5 Å². The first kappa shape index (κ1) is 16.8. The van der Waals surface area contributed by atoms with E-state index in [1.54, 1.807) is 0 Å². The molecule has 0 saturated carbocycles. The lowest BCUT2D eigenvalue weighted by atomic mass is 10.1. The maximum absolute atomic E-state index is 10.1. The third-order valence-corrected chi connectivity index (χ3v) is 3.72. The van der Waals surface area contributed by atoms with Crippen molar-refractivity contribution in [1.82, 2.24) is 10.6 Å². The molecule has 0 aliphatic carbocycles. The van der Waals surface area contributed by atoms with Gasteiger partial charge in [-0.3, -0.25) is 4.99 Å². The molecule has 0 radical (unpaired) electrons. The molecule has 122 valence electrons. The lowest BCUT2D eigenvalue weighted by Gasteiger charge is -2.15. The van der Waals surface area contributed by atoms with Crippen LogP contribution in [0.2, 0.25) is 0 Å². The van der Waals surface area contributed by atoms with Gasteiger partial charge in [0.05, 0.1) is 18.8 Å². The van der Waals surface area contributed by atoms with Crippen LogP contribution in [0, 0.1) is 0 Å². The molecule has 0 amide bonds. The Kier molecular flexibility index (Phi) is 7.19. The molecular weight excluding hydrogens is 278 g/mol. The second-order valence-electron chi connectivity index (χ2n) is 5.50. The molecule has 5 nitrogen and oxygen atoms in total. The number of ether oxygens (including phenoxy) is 1. The summed E-state index contributed by atoms with van der Waals surface area (Å²) in [5.41, 5.74) is 0.950. The van der Waals surface area contributed by atoms with E-state index in [1.807, 2.05) is 37.3 Å². The number of guanidine groups is 1. The Bertz CT molecular complexity index is 444. The zero-order chi connectivity index (χ0) is 15.6. The summed E-state index contributed by atoms with van der Waals surface area (Å²) in [5, 5.41) is 16.6. The van der Waals surface area contributed by atoms with Gasteiger partial charge in [0, 0.05) is 19.7 Å². The molecule has 2 rings (SSSR count). The molecule has 1 aromatic rings. The van der Waals surface area contributed by atoms with Gasteiger partial charge in [-0.05, 0) is 31.7 Å². The van der Waals surface area contributed by atoms with Crippen LogP contribution in [-0.2, 0) is 4.74 Å². The van der Waals surface area contributed by atoms with Crippen molar-refractivity contribution in [3.63, 3.8) is 0 Å². The van der Waals surface area contributed by atoms with Crippen molar-refractivity contribution < 1.29 is 9.84 Å². The van der Waals surface area contributed by atoms with Crippen LogP contribution >= 0.6 is 0 Å². The Morgan fingerprint density at radius 3 is 2.86 bits per heavy atom. The van der Waals surface area contributed by atoms with E-state index in [4.69, 9.17) is 4.74 Å². The van der Waals surface area contributed by atoms with Gasteiger partial charge in [-0.2, -0.15) is 0 Å². The fraction of sp³-hybridized carbons (Fsp3) is 0.588. The van der Waals surface area contributed by atoms with Crippen LogP contribution in [0.3, 0.4) is 0 Å². The molecule has 3 N–H and O–H groups in total. The number of rotatable bonds is 7. The number of aliphatic imine (C=N–C) groups is 1. The molecule has 0 spiro atoms. The highest BCUT2D eigenvalue weighted by molar-refractivity contribution is 5.79. The predicted molar refractivity (Wildman–Crippen MR) is 89.0 cm³/mol. The largest absolute Gasteiger partial charge is 0.388 e. The van der Waals surface area contributed by atoms with Crippen molar-refractivity contribution in [2.75, 3.05) is 26.2 Å². The minimum absolute atomic E-state index is 0.255. The number of hydrogen-bond acceptors (Lipinski definition) is 3. The minimum atomic E-state index is -0.449. The monoisotopic (exact) mass is 305 g/mol. The summed E-state index contributed by atoms with van der Waals surface area (Å²) in [7, 11) is 0. The van der Waals surface area contributed by atoms with Crippen molar-refractivity contribution >= 4 is 5.96 Å². The molecule has 1 aliphatic heterocycles. The van der Waals surface area contributed by atoms with E-state index in [1.165, 1.54) is 0 Å². The van der Waals surface area contributed by atoms with Crippen LogP contribution in [0.15, 0.2) is 35.3 Å². The van der Waals surface area contributed by atoms with Gasteiger partial charge >= 0.3 is 0 Å². The van der Waals surface area contributed by atoms with Gasteiger partial charge in [-0.25, -0.2) is 0 Å². The van der Waals surface area contributed by atoms with Crippen molar-refractivity contribution in [2.24, 2.45) is 4.99 Å². The van der Waals surface area contributed by atoms with Crippen LogP contribution in [0.4, 0.5) is 0 Å². The molecule has 2 atom stereocenters. The van der Waals surface area contributed by atoms with Crippen molar-refractivity contribution in [3.05, 3.63) is 35.9 Å². The van der Waals surface area contributed by atoms with Crippen LogP contribution in [0.25, 0.3) is 0 Å². The van der Waals surface area contributed by atoms with Crippen LogP contribution < -0.4 is 10.6 Å². The van der Waals surface area contributed by atoms with E-state index in [-0.39, 0.29) is 6.10 Å². The van der Waals surface area contributed by atoms with Crippen LogP contribution in [0.5, 0.6) is 0 Å². The molecule has 1 aliphatic rings. The van der Waals surface area contributed by atoms with Crippen LogP contribution in [-0.4, -0.2) is 43.4 Å². The Morgan fingerprint density at radius 2 is 2.18 bits per heavy atom. The Morgan fingerprint density at radius 1 is 1.36 bits per heavy atom. The average Bonchev–Trinajstić information content (AvgIpc) is 3.06. The molecule has 1 saturated heterocycles. The van der Waals surface area contributed by atoms with E-state index >= 15 is 0 Å². The van der Waals surface area contributed by atoms with Crippen molar-refractivity contribution in [2.45, 2.75) is 38.4 Å². The lowest BCUT2D eigenvalue weighted by Crippen LogP contribution is -2.38. The van der Waals surface area contributed by atoms with Gasteiger partial charge in [0.15, 0.2) is 5.96 Å². The number of benzene rings is 1. The number of aliphatic hydroxyl groups excluding tert-OH is 1. The first-order valence-corrected chi connectivity index (χ1v) is 8.16. The summed E-state index contributed by atoms with van der Waals surface area (Å²) >= 11 is 0. The smallest absolute Gasteiger partial charge is 0.191 e. The SMILES string of the molecule is CCNC(=NCC1CCCO1)NCCC(O)c1ccccc1. The first-order chi connectivity index (χ1) is 10.8. The fourth-order valence-electron chi connectivity index (χ4n) is 2.49. The highest BCUT2D eigenvalue weighted by Gasteiger charge is 2.15. The van der Waals surface area contributed by atoms with E-state index in [0.717, 1.165) is 37.5 Å². The summed E-state index contributed by atoms with van der Waals surface area (Å²) in [5.74, 6) is 0.790. The van der Waals surface area contributed by atoms with Crippen molar-refractivity contribution in [3.8, 4) is 0 Å². The lowest BCUT2D eigenvalue weighted by molar-refractivity contribution is 0.117. The number of hydrogen-bond donors (Lipinski definition) is 3. The zero-order valence-corrected chi connectivity index (χ0v) is 13.3. The summed E-state index contributed by atoms with van der Waals surface area (Å²) in [6.45, 7) is 5.08. The molecule has 5 heteroatoms. The maximum Gasteiger partial charge on any atom is 0.191 e. The highest BCUT2D eigenvalue weighted by atomic mass is 16.5. The third-order valence-electron chi connectivity index (χ3n) is 3.72. The Hall–Kier alpha value is -1.59. The van der Waals surface area contributed by atoms with E-state index < -0.39 is 6.10 Å². The summed E-state index contributed by atoms with van der Waals surface area (Å²) in [4.78, 5) is 4.55. The van der Waals surface area contributed by atoms with Crippen molar-refractivity contribution in [1.29, 1.82) is 0 Å². The third kappa shape index (κ3) is 5.66. The zero-order valence-electron chi connectivity index (χ0n) is 13.3. The average molecular weight is 305 g/mol. The molecule has 0 bridgehead atoms. The predicted octanol–water partition coefficient (Wildman–Crippen LogP) is 1.84. The van der Waals surface area contributed by atoms with Gasteiger partial charge in [0.1, 0.15) is 0 Å². The standard InChI is InChI=1S/C17H27N3O2/c1-2-18-17(20-13-15-9-6-12-22-15)19-11-10-16(21)14-7-4-3-5-8-14/h3-5,7-8,15-16,21H,2,6,9-13H2,1H3,(H2,18,19,20). The highest BCUT2D eigenvalue weighted by Crippen LogP contribution is 2.15. The Labute approximate surface area is 132 Å². The second-order valence-corrected chi connectivity index (χ2v) is 5.50. The molecule has 0 aromatic heterocycles. The number of nitrogens with zero attached hydrogens (tertiary/aromatic N) is 1. The van der Waals surface area contributed by atoms with Gasteiger partial charge in [-0.15, -0.1) is 0 Å². The Balaban J connectivity index is 1.74. The quantitative estimate of drug-likeness (QED) is 0.531. The first-order valence-electron chi connectivity index (χ1n) is 8.16. The van der Waals surface area contributed by atoms with E-state index in [9.17, 15) is 5.11 Å². The second kappa shape index (κ2) is 9.43. The topological polar surface area (TPSA) is 65.9 Å². The normalized spacial score (nSPS) is 19.9. The summed E-state index contributed by atoms with van der Waals surface area (Å²) in [6, 6.07) is 9.73. The molecule has 1 fully saturated rings. The van der Waals surface area contributed by atoms with E-state index in [0.29, 0.717) is 19.5 Å². The fourth-order valence-corrected chi connectivity index (χ4v) is 2.49. The number of aliphatic hydroxyl groups is 1. The van der Waals surface area contributed by atoms with Gasteiger partial charge in [-0.1, -0.05) is 30.3 Å². The molecule has 2 unspecified atom stereocenters. The van der Waals surface area contributed by atoms with Gasteiger partial charge in [0.2, 0.25) is 0 Å². The van der Waals surface area contributed by atoms with E-state index in [2.05, 4.69) is 15.6 Å². The molecular formula is C17H27N3O2. The minimum Gasteiger partial charge on any atom is -0.388 e. The molecule has 1 aromatic carbocycles. The van der Waals surface area contributed by atoms with Gasteiger partial charge in [0.25, 0.3) is 0 Å². The maximum atomic E-state index is 10.1. The summed E-state index contributed by atoms with van der Waals surface area (Å²) < 4.78 is 5.58.